The van der Waals surface area contributed by atoms with Gasteiger partial charge in [-0.1, -0.05) is 26.0 Å². The molecule has 0 saturated heterocycles. The van der Waals surface area contributed by atoms with Crippen molar-refractivity contribution < 1.29 is 19.1 Å². The molecule has 0 spiro atoms. The molecule has 2 amide bonds. The lowest BCUT2D eigenvalue weighted by Gasteiger charge is -2.16. The first-order valence-corrected chi connectivity index (χ1v) is 8.42. The maximum absolute atomic E-state index is 12.3. The van der Waals surface area contributed by atoms with E-state index in [1.807, 2.05) is 26.0 Å². The SMILES string of the molecule is COc1ccccc1O[C@@H](C)C(=O)Nc1ccc(NC(=O)C(C)C)cc1. The lowest BCUT2D eigenvalue weighted by atomic mass is 10.2. The topological polar surface area (TPSA) is 76.7 Å². The van der Waals surface area contributed by atoms with E-state index in [4.69, 9.17) is 9.47 Å². The van der Waals surface area contributed by atoms with Crippen molar-refractivity contribution in [2.75, 3.05) is 17.7 Å². The number of carbonyl (C=O) groups excluding carboxylic acids is 2. The van der Waals surface area contributed by atoms with Crippen LogP contribution in [0.3, 0.4) is 0 Å². The quantitative estimate of drug-likeness (QED) is 0.793. The number of benzene rings is 2. The minimum Gasteiger partial charge on any atom is -0.493 e. The molecule has 2 aromatic carbocycles. The molecule has 26 heavy (non-hydrogen) atoms. The van der Waals surface area contributed by atoms with Gasteiger partial charge in [-0.3, -0.25) is 9.59 Å². The number of rotatable bonds is 7. The summed E-state index contributed by atoms with van der Waals surface area (Å²) in [5, 5.41) is 5.59. The summed E-state index contributed by atoms with van der Waals surface area (Å²) >= 11 is 0. The zero-order valence-electron chi connectivity index (χ0n) is 15.4. The highest BCUT2D eigenvalue weighted by Crippen LogP contribution is 2.27. The number of para-hydroxylation sites is 2. The molecule has 0 aliphatic carbocycles. The van der Waals surface area contributed by atoms with E-state index >= 15 is 0 Å². The van der Waals surface area contributed by atoms with Gasteiger partial charge in [0.1, 0.15) is 0 Å². The average Bonchev–Trinajstić information content (AvgIpc) is 2.63. The summed E-state index contributed by atoms with van der Waals surface area (Å²) in [6.07, 6.45) is -0.702. The highest BCUT2D eigenvalue weighted by Gasteiger charge is 2.17. The van der Waals surface area contributed by atoms with Gasteiger partial charge in [0, 0.05) is 17.3 Å². The number of ether oxygens (including phenoxy) is 2. The van der Waals surface area contributed by atoms with Crippen molar-refractivity contribution in [2.24, 2.45) is 5.92 Å². The summed E-state index contributed by atoms with van der Waals surface area (Å²) in [5.41, 5.74) is 1.30. The van der Waals surface area contributed by atoms with Gasteiger partial charge in [0.2, 0.25) is 5.91 Å². The molecule has 6 nitrogen and oxygen atoms in total. The lowest BCUT2D eigenvalue weighted by Crippen LogP contribution is -2.30. The largest absolute Gasteiger partial charge is 0.493 e. The molecule has 0 heterocycles. The monoisotopic (exact) mass is 356 g/mol. The summed E-state index contributed by atoms with van der Waals surface area (Å²) < 4.78 is 10.9. The summed E-state index contributed by atoms with van der Waals surface area (Å²) in [4.78, 5) is 24.0. The Kier molecular flexibility index (Phi) is 6.60. The molecule has 0 aromatic heterocycles. The standard InChI is InChI=1S/C20H24N2O4/c1-13(2)19(23)21-15-9-11-16(12-10-15)22-20(24)14(3)26-18-8-6-5-7-17(18)25-4/h5-14H,1-4H3,(H,21,23)(H,22,24)/t14-/m0/s1. The third-order valence-electron chi connectivity index (χ3n) is 3.69. The summed E-state index contributed by atoms with van der Waals surface area (Å²) in [7, 11) is 1.55. The van der Waals surface area contributed by atoms with Crippen LogP contribution in [0.15, 0.2) is 48.5 Å². The van der Waals surface area contributed by atoms with Crippen LogP contribution in [-0.2, 0) is 9.59 Å². The lowest BCUT2D eigenvalue weighted by molar-refractivity contribution is -0.122. The molecule has 1 atom stereocenters. The van der Waals surface area contributed by atoms with Crippen molar-refractivity contribution in [1.82, 2.24) is 0 Å². The first-order chi connectivity index (χ1) is 12.4. The van der Waals surface area contributed by atoms with Gasteiger partial charge in [0.25, 0.3) is 5.91 Å². The molecular formula is C20H24N2O4. The van der Waals surface area contributed by atoms with Gasteiger partial charge in [-0.2, -0.15) is 0 Å². The zero-order valence-corrected chi connectivity index (χ0v) is 15.4. The molecule has 0 saturated carbocycles. The van der Waals surface area contributed by atoms with E-state index < -0.39 is 6.10 Å². The van der Waals surface area contributed by atoms with E-state index in [9.17, 15) is 9.59 Å². The van der Waals surface area contributed by atoms with Crippen molar-refractivity contribution in [3.8, 4) is 11.5 Å². The van der Waals surface area contributed by atoms with E-state index in [1.54, 1.807) is 50.4 Å². The van der Waals surface area contributed by atoms with Crippen molar-refractivity contribution in [1.29, 1.82) is 0 Å². The Bertz CT molecular complexity index is 757. The van der Waals surface area contributed by atoms with E-state index in [0.717, 1.165) is 0 Å². The maximum Gasteiger partial charge on any atom is 0.265 e. The summed E-state index contributed by atoms with van der Waals surface area (Å²) in [6.45, 7) is 5.32. The highest BCUT2D eigenvalue weighted by atomic mass is 16.5. The molecule has 2 N–H and O–H groups in total. The van der Waals surface area contributed by atoms with Crippen LogP contribution in [0.2, 0.25) is 0 Å². The Hall–Kier alpha value is -3.02. The molecule has 0 radical (unpaired) electrons. The summed E-state index contributed by atoms with van der Waals surface area (Å²) in [5.74, 6) is 0.639. The van der Waals surface area contributed by atoms with E-state index in [1.165, 1.54) is 0 Å². The van der Waals surface area contributed by atoms with Crippen LogP contribution in [0.4, 0.5) is 11.4 Å². The third kappa shape index (κ3) is 5.24. The van der Waals surface area contributed by atoms with Crippen LogP contribution < -0.4 is 20.1 Å². The molecule has 0 aliphatic heterocycles. The Morgan fingerprint density at radius 3 is 1.81 bits per heavy atom. The van der Waals surface area contributed by atoms with Crippen molar-refractivity contribution in [3.05, 3.63) is 48.5 Å². The van der Waals surface area contributed by atoms with Gasteiger partial charge in [-0.15, -0.1) is 0 Å². The van der Waals surface area contributed by atoms with Gasteiger partial charge >= 0.3 is 0 Å². The average molecular weight is 356 g/mol. The fourth-order valence-corrected chi connectivity index (χ4v) is 2.13. The number of nitrogens with one attached hydrogen (secondary N) is 2. The second kappa shape index (κ2) is 8.89. The van der Waals surface area contributed by atoms with E-state index in [-0.39, 0.29) is 17.7 Å². The van der Waals surface area contributed by atoms with Crippen LogP contribution in [0.1, 0.15) is 20.8 Å². The molecular weight excluding hydrogens is 332 g/mol. The number of methoxy groups -OCH3 is 1. The first kappa shape index (κ1) is 19.3. The zero-order chi connectivity index (χ0) is 19.1. The predicted octanol–water partition coefficient (Wildman–Crippen LogP) is 3.70. The fourth-order valence-electron chi connectivity index (χ4n) is 2.13. The van der Waals surface area contributed by atoms with Crippen molar-refractivity contribution in [2.45, 2.75) is 26.9 Å². The van der Waals surface area contributed by atoms with Gasteiger partial charge in [-0.05, 0) is 43.3 Å². The molecule has 0 fully saturated rings. The minimum atomic E-state index is -0.702. The first-order valence-electron chi connectivity index (χ1n) is 8.42. The fraction of sp³-hybridized carbons (Fsp3) is 0.300. The van der Waals surface area contributed by atoms with E-state index in [2.05, 4.69) is 10.6 Å². The van der Waals surface area contributed by atoms with Crippen LogP contribution in [-0.4, -0.2) is 25.0 Å². The van der Waals surface area contributed by atoms with Crippen molar-refractivity contribution >= 4 is 23.2 Å². The van der Waals surface area contributed by atoms with E-state index in [0.29, 0.717) is 22.9 Å². The number of carbonyl (C=O) groups is 2. The number of anilines is 2. The Labute approximate surface area is 153 Å². The van der Waals surface area contributed by atoms with Crippen molar-refractivity contribution in [3.63, 3.8) is 0 Å². The van der Waals surface area contributed by atoms with Gasteiger partial charge in [-0.25, -0.2) is 0 Å². The number of hydrogen-bond donors (Lipinski definition) is 2. The third-order valence-corrected chi connectivity index (χ3v) is 3.69. The number of hydrogen-bond acceptors (Lipinski definition) is 4. The van der Waals surface area contributed by atoms with Gasteiger partial charge in [0.15, 0.2) is 17.6 Å². The van der Waals surface area contributed by atoms with Crippen LogP contribution in [0.5, 0.6) is 11.5 Å². The molecule has 2 rings (SSSR count). The predicted molar refractivity (Wildman–Crippen MR) is 102 cm³/mol. The molecule has 138 valence electrons. The minimum absolute atomic E-state index is 0.0550. The van der Waals surface area contributed by atoms with Crippen LogP contribution in [0.25, 0.3) is 0 Å². The number of amides is 2. The molecule has 2 aromatic rings. The summed E-state index contributed by atoms with van der Waals surface area (Å²) in [6, 6.07) is 14.1. The second-order valence-electron chi connectivity index (χ2n) is 6.12. The maximum atomic E-state index is 12.3. The van der Waals surface area contributed by atoms with Crippen LogP contribution in [0, 0.1) is 5.92 Å². The normalized spacial score (nSPS) is 11.6. The van der Waals surface area contributed by atoms with Gasteiger partial charge in [0.05, 0.1) is 7.11 Å². The second-order valence-corrected chi connectivity index (χ2v) is 6.12. The highest BCUT2D eigenvalue weighted by molar-refractivity contribution is 5.95. The Morgan fingerprint density at radius 2 is 1.31 bits per heavy atom. The molecule has 0 bridgehead atoms. The smallest absolute Gasteiger partial charge is 0.265 e. The molecule has 0 aliphatic rings. The Morgan fingerprint density at radius 1 is 0.808 bits per heavy atom. The van der Waals surface area contributed by atoms with Crippen LogP contribution >= 0.6 is 0 Å². The molecule has 0 unspecified atom stereocenters. The molecule has 6 heteroatoms. The van der Waals surface area contributed by atoms with Gasteiger partial charge < -0.3 is 20.1 Å². The Balaban J connectivity index is 1.95.